The van der Waals surface area contributed by atoms with Crippen LogP contribution in [0, 0.1) is 11.7 Å². The average molecular weight is 440 g/mol. The Labute approximate surface area is 188 Å². The van der Waals surface area contributed by atoms with Crippen LogP contribution in [0.2, 0.25) is 0 Å². The Balaban J connectivity index is 1.68. The molecule has 1 saturated heterocycles. The summed E-state index contributed by atoms with van der Waals surface area (Å²) in [7, 11) is 0. The van der Waals surface area contributed by atoms with Crippen LogP contribution in [0.3, 0.4) is 0 Å². The normalized spacial score (nSPS) is 18.1. The van der Waals surface area contributed by atoms with Gasteiger partial charge >= 0.3 is 0 Å². The minimum atomic E-state index is -0.693. The van der Waals surface area contributed by atoms with Crippen molar-refractivity contribution in [2.75, 3.05) is 19.6 Å². The van der Waals surface area contributed by atoms with Crippen LogP contribution in [-0.2, 0) is 4.79 Å². The lowest BCUT2D eigenvalue weighted by Gasteiger charge is -2.41. The van der Waals surface area contributed by atoms with E-state index in [1.165, 1.54) is 24.3 Å². The third-order valence-electron chi connectivity index (χ3n) is 6.09. The van der Waals surface area contributed by atoms with Crippen molar-refractivity contribution in [3.8, 4) is 0 Å². The molecule has 3 unspecified atom stereocenters. The molecule has 3 amide bonds. The highest BCUT2D eigenvalue weighted by Crippen LogP contribution is 2.18. The quantitative estimate of drug-likeness (QED) is 0.751. The second kappa shape index (κ2) is 10.4. The maximum Gasteiger partial charge on any atom is 0.254 e. The van der Waals surface area contributed by atoms with Crippen molar-refractivity contribution >= 4 is 17.7 Å². The summed E-state index contributed by atoms with van der Waals surface area (Å²) in [6.07, 6.45) is 0.710. The highest BCUT2D eigenvalue weighted by Gasteiger charge is 2.35. The molecule has 32 heavy (non-hydrogen) atoms. The van der Waals surface area contributed by atoms with Gasteiger partial charge in [0.2, 0.25) is 5.91 Å². The second-order valence-electron chi connectivity index (χ2n) is 8.34. The van der Waals surface area contributed by atoms with E-state index in [0.717, 1.165) is 0 Å². The van der Waals surface area contributed by atoms with Gasteiger partial charge in [-0.25, -0.2) is 4.39 Å². The van der Waals surface area contributed by atoms with Gasteiger partial charge in [-0.15, -0.1) is 0 Å². The summed E-state index contributed by atoms with van der Waals surface area (Å²) < 4.78 is 13.2. The Hall–Kier alpha value is -3.22. The van der Waals surface area contributed by atoms with Crippen LogP contribution >= 0.6 is 0 Å². The number of benzene rings is 2. The van der Waals surface area contributed by atoms with E-state index in [9.17, 15) is 18.8 Å². The van der Waals surface area contributed by atoms with E-state index in [1.807, 2.05) is 39.0 Å². The van der Waals surface area contributed by atoms with Gasteiger partial charge in [-0.2, -0.15) is 0 Å². The Morgan fingerprint density at radius 3 is 2.28 bits per heavy atom. The lowest BCUT2D eigenvalue weighted by Crippen LogP contribution is -2.60. The van der Waals surface area contributed by atoms with Gasteiger partial charge in [0, 0.05) is 36.8 Å². The number of piperazine rings is 1. The molecule has 0 bridgehead atoms. The van der Waals surface area contributed by atoms with Crippen molar-refractivity contribution in [3.05, 3.63) is 71.5 Å². The number of nitrogens with zero attached hydrogens (tertiary/aromatic N) is 2. The molecule has 0 radical (unpaired) electrons. The van der Waals surface area contributed by atoms with Crippen LogP contribution in [0.4, 0.5) is 4.39 Å². The van der Waals surface area contributed by atoms with Crippen molar-refractivity contribution in [1.29, 1.82) is 0 Å². The summed E-state index contributed by atoms with van der Waals surface area (Å²) in [5.74, 6) is -1.12. The van der Waals surface area contributed by atoms with Gasteiger partial charge in [0.05, 0.1) is 0 Å². The lowest BCUT2D eigenvalue weighted by molar-refractivity contribution is -0.137. The molecule has 1 N–H and O–H groups in total. The SMILES string of the molecule is CCC(C)C(NC(=O)c1ccc(F)cc1)C(=O)N1CCN(C(=O)c2ccccc2)C(C)C1. The van der Waals surface area contributed by atoms with Crippen molar-refractivity contribution < 1.29 is 18.8 Å². The van der Waals surface area contributed by atoms with E-state index >= 15 is 0 Å². The molecule has 3 rings (SSSR count). The highest BCUT2D eigenvalue weighted by atomic mass is 19.1. The number of hydrogen-bond donors (Lipinski definition) is 1. The standard InChI is InChI=1S/C25H30FN3O3/c1-4-17(2)22(27-23(30)19-10-12-21(26)13-11-19)25(32)28-14-15-29(18(3)16-28)24(31)20-8-6-5-7-9-20/h5-13,17-18,22H,4,14-16H2,1-3H3,(H,27,30). The highest BCUT2D eigenvalue weighted by molar-refractivity contribution is 5.98. The number of carbonyl (C=O) groups excluding carboxylic acids is 3. The average Bonchev–Trinajstić information content (AvgIpc) is 2.82. The molecular formula is C25H30FN3O3. The van der Waals surface area contributed by atoms with Crippen LogP contribution in [0.1, 0.15) is 47.9 Å². The van der Waals surface area contributed by atoms with Gasteiger partial charge in [0.1, 0.15) is 11.9 Å². The molecule has 0 saturated carbocycles. The van der Waals surface area contributed by atoms with Crippen molar-refractivity contribution in [2.45, 2.75) is 39.3 Å². The monoisotopic (exact) mass is 439 g/mol. The summed E-state index contributed by atoms with van der Waals surface area (Å²) in [6.45, 7) is 7.05. The zero-order valence-electron chi connectivity index (χ0n) is 18.8. The first kappa shape index (κ1) is 23.4. The predicted octanol–water partition coefficient (Wildman–Crippen LogP) is 3.34. The molecule has 0 spiro atoms. The van der Waals surface area contributed by atoms with Gasteiger partial charge in [0.25, 0.3) is 11.8 Å². The fraction of sp³-hybridized carbons (Fsp3) is 0.400. The summed E-state index contributed by atoms with van der Waals surface area (Å²) in [4.78, 5) is 42.4. The number of halogens is 1. The van der Waals surface area contributed by atoms with Crippen molar-refractivity contribution in [1.82, 2.24) is 15.1 Å². The van der Waals surface area contributed by atoms with E-state index in [1.54, 1.807) is 21.9 Å². The summed E-state index contributed by atoms with van der Waals surface area (Å²) in [5.41, 5.74) is 0.933. The van der Waals surface area contributed by atoms with Crippen LogP contribution in [-0.4, -0.2) is 59.2 Å². The molecule has 6 nitrogen and oxygen atoms in total. The van der Waals surface area contributed by atoms with Gasteiger partial charge in [-0.1, -0.05) is 38.5 Å². The van der Waals surface area contributed by atoms with Crippen LogP contribution < -0.4 is 5.32 Å². The van der Waals surface area contributed by atoms with Gasteiger partial charge in [-0.05, 0) is 49.2 Å². The molecular weight excluding hydrogens is 409 g/mol. The summed E-state index contributed by atoms with van der Waals surface area (Å²) in [5, 5.41) is 2.84. The molecule has 1 fully saturated rings. The van der Waals surface area contributed by atoms with E-state index in [4.69, 9.17) is 0 Å². The molecule has 2 aromatic carbocycles. The fourth-order valence-corrected chi connectivity index (χ4v) is 3.91. The maximum atomic E-state index is 13.4. The van der Waals surface area contributed by atoms with Gasteiger partial charge in [-0.3, -0.25) is 14.4 Å². The number of hydrogen-bond acceptors (Lipinski definition) is 3. The van der Waals surface area contributed by atoms with Gasteiger partial charge in [0.15, 0.2) is 0 Å². The van der Waals surface area contributed by atoms with Crippen molar-refractivity contribution in [3.63, 3.8) is 0 Å². The lowest BCUT2D eigenvalue weighted by atomic mass is 9.96. The third kappa shape index (κ3) is 5.33. The minimum absolute atomic E-state index is 0.0479. The van der Waals surface area contributed by atoms with E-state index in [2.05, 4.69) is 5.32 Å². The van der Waals surface area contributed by atoms with Crippen molar-refractivity contribution in [2.24, 2.45) is 5.92 Å². The van der Waals surface area contributed by atoms with Crippen LogP contribution in [0.15, 0.2) is 54.6 Å². The Bertz CT molecular complexity index is 949. The van der Waals surface area contributed by atoms with Crippen LogP contribution in [0.5, 0.6) is 0 Å². The van der Waals surface area contributed by atoms with E-state index in [0.29, 0.717) is 37.2 Å². The molecule has 1 heterocycles. The molecule has 7 heteroatoms. The number of rotatable bonds is 6. The molecule has 1 aliphatic heterocycles. The molecule has 1 aliphatic rings. The molecule has 2 aromatic rings. The number of carbonyl (C=O) groups is 3. The summed E-state index contributed by atoms with van der Waals surface area (Å²) >= 11 is 0. The first-order valence-electron chi connectivity index (χ1n) is 11.0. The fourth-order valence-electron chi connectivity index (χ4n) is 3.91. The molecule has 0 aromatic heterocycles. The first-order chi connectivity index (χ1) is 15.3. The number of amides is 3. The largest absolute Gasteiger partial charge is 0.340 e. The summed E-state index contributed by atoms with van der Waals surface area (Å²) in [6, 6.07) is 13.5. The Morgan fingerprint density at radius 2 is 1.69 bits per heavy atom. The molecule has 3 atom stereocenters. The molecule has 0 aliphatic carbocycles. The zero-order chi connectivity index (χ0) is 23.3. The first-order valence-corrected chi connectivity index (χ1v) is 11.0. The van der Waals surface area contributed by atoms with Crippen LogP contribution in [0.25, 0.3) is 0 Å². The van der Waals surface area contributed by atoms with Gasteiger partial charge < -0.3 is 15.1 Å². The smallest absolute Gasteiger partial charge is 0.254 e. The second-order valence-corrected chi connectivity index (χ2v) is 8.34. The Morgan fingerprint density at radius 1 is 1.03 bits per heavy atom. The van der Waals surface area contributed by atoms with E-state index in [-0.39, 0.29) is 23.8 Å². The molecule has 170 valence electrons. The Kier molecular flexibility index (Phi) is 7.62. The maximum absolute atomic E-state index is 13.4. The topological polar surface area (TPSA) is 69.7 Å². The number of nitrogens with one attached hydrogen (secondary N) is 1. The predicted molar refractivity (Wildman–Crippen MR) is 121 cm³/mol. The minimum Gasteiger partial charge on any atom is -0.340 e. The third-order valence-corrected chi connectivity index (χ3v) is 6.09. The van der Waals surface area contributed by atoms with E-state index < -0.39 is 17.8 Å². The zero-order valence-corrected chi connectivity index (χ0v) is 18.8.